The summed E-state index contributed by atoms with van der Waals surface area (Å²) in [6, 6.07) is 6.15. The van der Waals surface area contributed by atoms with Gasteiger partial charge in [0.1, 0.15) is 18.5 Å². The summed E-state index contributed by atoms with van der Waals surface area (Å²) in [6.07, 6.45) is -0.525. The minimum atomic E-state index is -0.631. The van der Waals surface area contributed by atoms with Gasteiger partial charge in [0.15, 0.2) is 0 Å². The smallest absolute Gasteiger partial charge is 0.125 e. The van der Waals surface area contributed by atoms with E-state index in [4.69, 9.17) is 9.47 Å². The number of benzene rings is 1. The maximum absolute atomic E-state index is 9.88. The summed E-state index contributed by atoms with van der Waals surface area (Å²) in [4.78, 5) is 0. The van der Waals surface area contributed by atoms with Crippen molar-refractivity contribution >= 4 is 15.9 Å². The number of aliphatic hydroxyl groups is 1. The van der Waals surface area contributed by atoms with Crippen molar-refractivity contribution in [1.29, 1.82) is 0 Å². The predicted octanol–water partition coefficient (Wildman–Crippen LogP) is 3.28. The van der Waals surface area contributed by atoms with Gasteiger partial charge in [-0.3, -0.25) is 0 Å². The number of nitrogens with one attached hydrogen (secondary N) is 1. The van der Waals surface area contributed by atoms with Crippen LogP contribution in [0.15, 0.2) is 22.7 Å². The first-order valence-corrected chi connectivity index (χ1v) is 8.18. The van der Waals surface area contributed by atoms with Crippen LogP contribution < -0.4 is 10.1 Å². The molecule has 1 aromatic rings. The molecule has 0 aliphatic heterocycles. The minimum absolute atomic E-state index is 0.106. The second kappa shape index (κ2) is 9.41. The molecule has 5 heteroatoms. The molecule has 0 aromatic heterocycles. The second-order valence-electron chi connectivity index (χ2n) is 5.31. The Kier molecular flexibility index (Phi) is 8.26. The average Bonchev–Trinajstić information content (AvgIpc) is 2.43. The van der Waals surface area contributed by atoms with Crippen LogP contribution in [0.25, 0.3) is 0 Å². The zero-order valence-electron chi connectivity index (χ0n) is 13.2. The molecular weight excluding hydrogens is 334 g/mol. The van der Waals surface area contributed by atoms with Crippen LogP contribution in [0.3, 0.4) is 0 Å². The molecule has 0 saturated carbocycles. The summed E-state index contributed by atoms with van der Waals surface area (Å²) < 4.78 is 12.1. The first kappa shape index (κ1) is 18.4. The molecule has 0 bridgehead atoms. The highest BCUT2D eigenvalue weighted by atomic mass is 79.9. The highest BCUT2D eigenvalue weighted by Gasteiger charge is 2.13. The van der Waals surface area contributed by atoms with E-state index in [-0.39, 0.29) is 25.4 Å². The summed E-state index contributed by atoms with van der Waals surface area (Å²) in [5.74, 6) is 0.779. The zero-order chi connectivity index (χ0) is 15.8. The third-order valence-electron chi connectivity index (χ3n) is 3.01. The molecule has 2 unspecified atom stereocenters. The lowest BCUT2D eigenvalue weighted by Crippen LogP contribution is -2.26. The lowest BCUT2D eigenvalue weighted by molar-refractivity contribution is -0.0124. The molecule has 1 aromatic carbocycles. The summed E-state index contributed by atoms with van der Waals surface area (Å²) in [6.45, 7) is 9.44. The third-order valence-corrected chi connectivity index (χ3v) is 3.50. The fourth-order valence-corrected chi connectivity index (χ4v) is 2.28. The van der Waals surface area contributed by atoms with Crippen LogP contribution in [0.1, 0.15) is 39.3 Å². The van der Waals surface area contributed by atoms with E-state index in [9.17, 15) is 5.11 Å². The predicted molar refractivity (Wildman–Crippen MR) is 88.8 cm³/mol. The fourth-order valence-electron chi connectivity index (χ4n) is 1.94. The third kappa shape index (κ3) is 6.78. The Morgan fingerprint density at radius 2 is 1.95 bits per heavy atom. The molecule has 2 atom stereocenters. The van der Waals surface area contributed by atoms with Crippen molar-refractivity contribution in [2.24, 2.45) is 0 Å². The van der Waals surface area contributed by atoms with Crippen LogP contribution in [0.5, 0.6) is 5.75 Å². The van der Waals surface area contributed by atoms with E-state index >= 15 is 0 Å². The highest BCUT2D eigenvalue weighted by Crippen LogP contribution is 2.28. The molecule has 0 aliphatic carbocycles. The van der Waals surface area contributed by atoms with E-state index in [0.29, 0.717) is 0 Å². The maximum Gasteiger partial charge on any atom is 0.125 e. The van der Waals surface area contributed by atoms with Crippen molar-refractivity contribution in [3.05, 3.63) is 28.2 Å². The van der Waals surface area contributed by atoms with E-state index in [2.05, 4.69) is 35.1 Å². The van der Waals surface area contributed by atoms with Crippen molar-refractivity contribution in [3.63, 3.8) is 0 Å². The van der Waals surface area contributed by atoms with Crippen LogP contribution in [0.4, 0.5) is 0 Å². The van der Waals surface area contributed by atoms with Crippen molar-refractivity contribution < 1.29 is 14.6 Å². The van der Waals surface area contributed by atoms with Gasteiger partial charge >= 0.3 is 0 Å². The van der Waals surface area contributed by atoms with Gasteiger partial charge in [0.25, 0.3) is 0 Å². The number of halogens is 1. The van der Waals surface area contributed by atoms with Crippen LogP contribution >= 0.6 is 15.9 Å². The second-order valence-corrected chi connectivity index (χ2v) is 6.22. The molecule has 1 rings (SSSR count). The maximum atomic E-state index is 9.88. The Morgan fingerprint density at radius 3 is 2.57 bits per heavy atom. The van der Waals surface area contributed by atoms with Crippen LogP contribution in [-0.4, -0.2) is 37.1 Å². The highest BCUT2D eigenvalue weighted by molar-refractivity contribution is 9.10. The number of rotatable bonds is 9. The largest absolute Gasteiger partial charge is 0.490 e. The Balaban J connectivity index is 2.66. The van der Waals surface area contributed by atoms with Crippen LogP contribution in [0.2, 0.25) is 0 Å². The molecule has 120 valence electrons. The Labute approximate surface area is 136 Å². The molecule has 0 fully saturated rings. The van der Waals surface area contributed by atoms with Gasteiger partial charge < -0.3 is 19.9 Å². The van der Waals surface area contributed by atoms with Gasteiger partial charge in [-0.2, -0.15) is 0 Å². The standard InChI is InChI=1S/C16H26BrNO3/c1-5-18-12(4)15-7-6-13(17)8-16(15)21-10-14(19)9-20-11(2)3/h6-8,11-12,14,18-19H,5,9-10H2,1-4H3. The molecule has 0 radical (unpaired) electrons. The first-order chi connectivity index (χ1) is 9.93. The molecule has 0 aliphatic rings. The Morgan fingerprint density at radius 1 is 1.24 bits per heavy atom. The van der Waals surface area contributed by atoms with E-state index < -0.39 is 6.10 Å². The van der Waals surface area contributed by atoms with Crippen molar-refractivity contribution in [2.45, 2.75) is 45.9 Å². The molecule has 0 amide bonds. The monoisotopic (exact) mass is 359 g/mol. The topological polar surface area (TPSA) is 50.7 Å². The molecule has 0 saturated heterocycles. The van der Waals surface area contributed by atoms with Gasteiger partial charge in [0, 0.05) is 16.1 Å². The van der Waals surface area contributed by atoms with Crippen LogP contribution in [0, 0.1) is 0 Å². The van der Waals surface area contributed by atoms with E-state index in [0.717, 1.165) is 22.3 Å². The number of aliphatic hydroxyl groups excluding tert-OH is 1. The Hall–Kier alpha value is -0.620. The van der Waals surface area contributed by atoms with E-state index in [1.807, 2.05) is 32.0 Å². The first-order valence-electron chi connectivity index (χ1n) is 7.39. The quantitative estimate of drug-likeness (QED) is 0.710. The van der Waals surface area contributed by atoms with Crippen molar-refractivity contribution in [1.82, 2.24) is 5.32 Å². The minimum Gasteiger partial charge on any atom is -0.490 e. The van der Waals surface area contributed by atoms with E-state index in [1.165, 1.54) is 0 Å². The van der Waals surface area contributed by atoms with Crippen LogP contribution in [-0.2, 0) is 4.74 Å². The van der Waals surface area contributed by atoms with Gasteiger partial charge in [-0.25, -0.2) is 0 Å². The molecular formula is C16H26BrNO3. The average molecular weight is 360 g/mol. The zero-order valence-corrected chi connectivity index (χ0v) is 14.8. The fraction of sp³-hybridized carbons (Fsp3) is 0.625. The summed E-state index contributed by atoms with van der Waals surface area (Å²) in [5.41, 5.74) is 1.08. The molecule has 0 spiro atoms. The van der Waals surface area contributed by atoms with Gasteiger partial charge in [-0.05, 0) is 39.4 Å². The van der Waals surface area contributed by atoms with Gasteiger partial charge in [-0.1, -0.05) is 28.9 Å². The van der Waals surface area contributed by atoms with Gasteiger partial charge in [-0.15, -0.1) is 0 Å². The number of hydrogen-bond acceptors (Lipinski definition) is 4. The van der Waals surface area contributed by atoms with E-state index in [1.54, 1.807) is 0 Å². The van der Waals surface area contributed by atoms with Gasteiger partial charge in [0.05, 0.1) is 12.7 Å². The SMILES string of the molecule is CCNC(C)c1ccc(Br)cc1OCC(O)COC(C)C. The molecule has 0 heterocycles. The lowest BCUT2D eigenvalue weighted by Gasteiger charge is -2.20. The van der Waals surface area contributed by atoms with Crippen molar-refractivity contribution in [2.75, 3.05) is 19.8 Å². The molecule has 21 heavy (non-hydrogen) atoms. The number of hydrogen-bond donors (Lipinski definition) is 2. The van der Waals surface area contributed by atoms with Gasteiger partial charge in [0.2, 0.25) is 0 Å². The van der Waals surface area contributed by atoms with Crippen molar-refractivity contribution in [3.8, 4) is 5.75 Å². The molecule has 4 nitrogen and oxygen atoms in total. The Bertz CT molecular complexity index is 426. The lowest BCUT2D eigenvalue weighted by atomic mass is 10.1. The molecule has 2 N–H and O–H groups in total. The summed E-state index contributed by atoms with van der Waals surface area (Å²) in [5, 5.41) is 13.3. The normalized spacial score (nSPS) is 14.2. The number of ether oxygens (including phenoxy) is 2. The summed E-state index contributed by atoms with van der Waals surface area (Å²) >= 11 is 3.45. The summed E-state index contributed by atoms with van der Waals surface area (Å²) in [7, 11) is 0.